The van der Waals surface area contributed by atoms with Gasteiger partial charge in [-0.3, -0.25) is 0 Å². The lowest BCUT2D eigenvalue weighted by Gasteiger charge is -2.30. The SMILES string of the molecule is Cc1sc(Br)cc1C(N)C1CCOc2ccccc21. The van der Waals surface area contributed by atoms with Crippen molar-refractivity contribution in [1.29, 1.82) is 0 Å². The van der Waals surface area contributed by atoms with E-state index in [9.17, 15) is 0 Å². The maximum absolute atomic E-state index is 6.53. The van der Waals surface area contributed by atoms with E-state index in [1.54, 1.807) is 11.3 Å². The first-order valence-corrected chi connectivity index (χ1v) is 8.01. The van der Waals surface area contributed by atoms with Crippen molar-refractivity contribution >= 4 is 27.3 Å². The quantitative estimate of drug-likeness (QED) is 0.882. The topological polar surface area (TPSA) is 35.2 Å². The van der Waals surface area contributed by atoms with Crippen LogP contribution in [-0.2, 0) is 0 Å². The fraction of sp³-hybridized carbons (Fsp3) is 0.333. The maximum atomic E-state index is 6.53. The van der Waals surface area contributed by atoms with Gasteiger partial charge in [-0.1, -0.05) is 18.2 Å². The lowest BCUT2D eigenvalue weighted by molar-refractivity contribution is 0.255. The molecule has 100 valence electrons. The largest absolute Gasteiger partial charge is 0.493 e. The van der Waals surface area contributed by atoms with Gasteiger partial charge in [-0.2, -0.15) is 0 Å². The van der Waals surface area contributed by atoms with E-state index in [2.05, 4.69) is 41.1 Å². The van der Waals surface area contributed by atoms with E-state index in [1.807, 2.05) is 12.1 Å². The minimum atomic E-state index is 0.0348. The summed E-state index contributed by atoms with van der Waals surface area (Å²) in [5.74, 6) is 1.33. The van der Waals surface area contributed by atoms with Gasteiger partial charge < -0.3 is 10.5 Å². The predicted octanol–water partition coefficient (Wildman–Crippen LogP) is 4.39. The number of ether oxygens (including phenoxy) is 1. The third-order valence-electron chi connectivity index (χ3n) is 3.72. The van der Waals surface area contributed by atoms with Crippen LogP contribution in [-0.4, -0.2) is 6.61 Å². The first kappa shape index (κ1) is 13.2. The van der Waals surface area contributed by atoms with Crippen LogP contribution < -0.4 is 10.5 Å². The molecule has 0 amide bonds. The molecule has 0 radical (unpaired) electrons. The maximum Gasteiger partial charge on any atom is 0.122 e. The predicted molar refractivity (Wildman–Crippen MR) is 83.0 cm³/mol. The van der Waals surface area contributed by atoms with Crippen LogP contribution in [0, 0.1) is 6.92 Å². The van der Waals surface area contributed by atoms with Gasteiger partial charge in [0.1, 0.15) is 5.75 Å². The smallest absolute Gasteiger partial charge is 0.122 e. The second kappa shape index (κ2) is 5.27. The number of rotatable bonds is 2. The first-order valence-electron chi connectivity index (χ1n) is 6.40. The molecule has 1 aliphatic heterocycles. The average Bonchev–Trinajstić information content (AvgIpc) is 2.76. The Morgan fingerprint density at radius 3 is 2.95 bits per heavy atom. The molecule has 0 saturated heterocycles. The van der Waals surface area contributed by atoms with E-state index < -0.39 is 0 Å². The van der Waals surface area contributed by atoms with Crippen LogP contribution in [0.15, 0.2) is 34.1 Å². The number of halogens is 1. The molecule has 0 saturated carbocycles. The summed E-state index contributed by atoms with van der Waals surface area (Å²) in [5.41, 5.74) is 9.02. The van der Waals surface area contributed by atoms with Gasteiger partial charge in [0.2, 0.25) is 0 Å². The number of para-hydroxylation sites is 1. The zero-order chi connectivity index (χ0) is 13.4. The minimum Gasteiger partial charge on any atom is -0.493 e. The normalized spacial score (nSPS) is 19.6. The zero-order valence-corrected chi connectivity index (χ0v) is 13.1. The van der Waals surface area contributed by atoms with Crippen LogP contribution in [0.2, 0.25) is 0 Å². The molecule has 1 aromatic carbocycles. The Morgan fingerprint density at radius 1 is 1.42 bits per heavy atom. The molecule has 0 spiro atoms. The Bertz CT molecular complexity index is 596. The molecular weight excluding hydrogens is 322 g/mol. The summed E-state index contributed by atoms with van der Waals surface area (Å²) >= 11 is 5.29. The van der Waals surface area contributed by atoms with Gasteiger partial charge in [-0.25, -0.2) is 0 Å². The first-order chi connectivity index (χ1) is 9.16. The lowest BCUT2D eigenvalue weighted by Crippen LogP contribution is -2.25. The third-order valence-corrected chi connectivity index (χ3v) is 5.29. The van der Waals surface area contributed by atoms with Crippen molar-refractivity contribution in [3.63, 3.8) is 0 Å². The van der Waals surface area contributed by atoms with Gasteiger partial charge in [0.25, 0.3) is 0 Å². The van der Waals surface area contributed by atoms with Crippen molar-refractivity contribution in [1.82, 2.24) is 0 Å². The number of hydrogen-bond acceptors (Lipinski definition) is 3. The summed E-state index contributed by atoms with van der Waals surface area (Å²) in [7, 11) is 0. The van der Waals surface area contributed by atoms with E-state index >= 15 is 0 Å². The number of benzene rings is 1. The number of fused-ring (bicyclic) bond motifs is 1. The van der Waals surface area contributed by atoms with Crippen LogP contribution in [0.1, 0.15) is 34.4 Å². The number of thiophene rings is 1. The highest BCUT2D eigenvalue weighted by molar-refractivity contribution is 9.11. The van der Waals surface area contributed by atoms with Gasteiger partial charge in [-0.15, -0.1) is 11.3 Å². The zero-order valence-electron chi connectivity index (χ0n) is 10.7. The standard InChI is InChI=1S/C15H16BrNOS/c1-9-12(8-14(16)19-9)15(17)11-6-7-18-13-5-3-2-4-10(11)13/h2-5,8,11,15H,6-7,17H2,1H3. The Balaban J connectivity index is 1.97. The Kier molecular flexibility index (Phi) is 3.65. The molecule has 4 heteroatoms. The van der Waals surface area contributed by atoms with Crippen molar-refractivity contribution in [3.8, 4) is 5.75 Å². The summed E-state index contributed by atoms with van der Waals surface area (Å²) < 4.78 is 6.86. The van der Waals surface area contributed by atoms with E-state index in [4.69, 9.17) is 10.5 Å². The monoisotopic (exact) mass is 337 g/mol. The Morgan fingerprint density at radius 2 is 2.21 bits per heavy atom. The van der Waals surface area contributed by atoms with Gasteiger partial charge in [0.05, 0.1) is 10.4 Å². The highest BCUT2D eigenvalue weighted by Crippen LogP contribution is 2.42. The third kappa shape index (κ3) is 2.45. The molecule has 2 atom stereocenters. The van der Waals surface area contributed by atoms with Crippen LogP contribution in [0.25, 0.3) is 0 Å². The van der Waals surface area contributed by atoms with Crippen LogP contribution in [0.3, 0.4) is 0 Å². The molecule has 0 fully saturated rings. The Hall–Kier alpha value is -0.840. The molecule has 19 heavy (non-hydrogen) atoms. The summed E-state index contributed by atoms with van der Waals surface area (Å²) in [6, 6.07) is 10.4. The van der Waals surface area contributed by atoms with Crippen LogP contribution >= 0.6 is 27.3 Å². The van der Waals surface area contributed by atoms with Crippen molar-refractivity contribution in [3.05, 3.63) is 50.1 Å². The second-order valence-electron chi connectivity index (χ2n) is 4.87. The lowest BCUT2D eigenvalue weighted by atomic mass is 9.84. The molecule has 2 heterocycles. The molecular formula is C15H16BrNOS. The van der Waals surface area contributed by atoms with Crippen molar-refractivity contribution in [2.24, 2.45) is 5.73 Å². The summed E-state index contributed by atoms with van der Waals surface area (Å²) in [6.45, 7) is 2.88. The Labute approximate surface area is 125 Å². The fourth-order valence-corrected chi connectivity index (χ4v) is 4.52. The molecule has 2 nitrogen and oxygen atoms in total. The van der Waals surface area contributed by atoms with Crippen molar-refractivity contribution in [2.45, 2.75) is 25.3 Å². The van der Waals surface area contributed by atoms with Crippen molar-refractivity contribution in [2.75, 3.05) is 6.61 Å². The van der Waals surface area contributed by atoms with E-state index in [-0.39, 0.29) is 6.04 Å². The fourth-order valence-electron chi connectivity index (χ4n) is 2.75. The molecule has 0 aliphatic carbocycles. The average molecular weight is 338 g/mol. The molecule has 2 N–H and O–H groups in total. The molecule has 3 rings (SSSR count). The summed E-state index contributed by atoms with van der Waals surface area (Å²) in [4.78, 5) is 1.29. The van der Waals surface area contributed by atoms with E-state index in [1.165, 1.54) is 16.0 Å². The molecule has 2 unspecified atom stereocenters. The van der Waals surface area contributed by atoms with Crippen LogP contribution in [0.4, 0.5) is 0 Å². The number of nitrogens with two attached hydrogens (primary N) is 1. The molecule has 1 aliphatic rings. The highest BCUT2D eigenvalue weighted by Gasteiger charge is 2.28. The van der Waals surface area contributed by atoms with Crippen LogP contribution in [0.5, 0.6) is 5.75 Å². The number of hydrogen-bond donors (Lipinski definition) is 1. The van der Waals surface area contributed by atoms with Gasteiger partial charge in [0.15, 0.2) is 0 Å². The highest BCUT2D eigenvalue weighted by atomic mass is 79.9. The molecule has 1 aromatic heterocycles. The van der Waals surface area contributed by atoms with Crippen molar-refractivity contribution < 1.29 is 4.74 Å². The minimum absolute atomic E-state index is 0.0348. The molecule has 2 aromatic rings. The van der Waals surface area contributed by atoms with E-state index in [0.717, 1.165) is 22.6 Å². The van der Waals surface area contributed by atoms with Gasteiger partial charge >= 0.3 is 0 Å². The van der Waals surface area contributed by atoms with Gasteiger partial charge in [0, 0.05) is 16.8 Å². The molecule has 0 bridgehead atoms. The van der Waals surface area contributed by atoms with E-state index in [0.29, 0.717) is 5.92 Å². The summed E-state index contributed by atoms with van der Waals surface area (Å²) in [5, 5.41) is 0. The second-order valence-corrected chi connectivity index (χ2v) is 7.50. The summed E-state index contributed by atoms with van der Waals surface area (Å²) in [6.07, 6.45) is 0.977. The van der Waals surface area contributed by atoms with Gasteiger partial charge in [-0.05, 0) is 52.5 Å². The number of aryl methyl sites for hydroxylation is 1.